The molecule has 1 aliphatic heterocycles. The summed E-state index contributed by atoms with van der Waals surface area (Å²) in [5.74, 6) is -0.693. The predicted octanol–water partition coefficient (Wildman–Crippen LogP) is 1.94. The molecule has 0 aromatic heterocycles. The molecule has 4 nitrogen and oxygen atoms in total. The summed E-state index contributed by atoms with van der Waals surface area (Å²) in [5, 5.41) is 2.74. The molecule has 19 heavy (non-hydrogen) atoms. The van der Waals surface area contributed by atoms with Gasteiger partial charge in [0.1, 0.15) is 11.6 Å². The second kappa shape index (κ2) is 6.30. The third-order valence-electron chi connectivity index (χ3n) is 3.82. The van der Waals surface area contributed by atoms with E-state index < -0.39 is 24.6 Å². The third-order valence-corrected chi connectivity index (χ3v) is 3.82. The molecule has 1 rings (SSSR count). The van der Waals surface area contributed by atoms with Crippen molar-refractivity contribution in [3.05, 3.63) is 0 Å². The lowest BCUT2D eigenvalue weighted by Crippen LogP contribution is -2.70. The van der Waals surface area contributed by atoms with Crippen molar-refractivity contribution in [1.29, 1.82) is 0 Å². The number of carbonyl (C=O) groups is 2. The molecule has 0 aromatic carbocycles. The standard InChI is InChI=1S/C13H22F2N2O2/c1-4-7-9-11(18)16-13(5-2,6-3)12(19)17(9)8-10(14)15/h9-10H,4-8H2,1-3H3,(H,16,18). The molecule has 0 spiro atoms. The maximum Gasteiger partial charge on any atom is 0.255 e. The second-order valence-corrected chi connectivity index (χ2v) is 4.93. The predicted molar refractivity (Wildman–Crippen MR) is 67.9 cm³/mol. The SMILES string of the molecule is CCCC1C(=O)NC(CC)(CC)C(=O)N1CC(F)F. The number of carbonyl (C=O) groups excluding carboxylic acids is 2. The minimum Gasteiger partial charge on any atom is -0.340 e. The molecule has 0 saturated carbocycles. The number of nitrogens with one attached hydrogen (secondary N) is 1. The van der Waals surface area contributed by atoms with Crippen LogP contribution < -0.4 is 5.32 Å². The van der Waals surface area contributed by atoms with Crippen molar-refractivity contribution in [2.24, 2.45) is 0 Å². The molecule has 0 aromatic rings. The Morgan fingerprint density at radius 1 is 1.26 bits per heavy atom. The van der Waals surface area contributed by atoms with Gasteiger partial charge < -0.3 is 10.2 Å². The van der Waals surface area contributed by atoms with Crippen LogP contribution in [0, 0.1) is 0 Å². The number of rotatable bonds is 6. The molecule has 1 heterocycles. The summed E-state index contributed by atoms with van der Waals surface area (Å²) in [6, 6.07) is -0.766. The Balaban J connectivity index is 3.07. The molecule has 1 saturated heterocycles. The van der Waals surface area contributed by atoms with Crippen molar-refractivity contribution >= 4 is 11.8 Å². The van der Waals surface area contributed by atoms with Crippen LogP contribution in [0.3, 0.4) is 0 Å². The third kappa shape index (κ3) is 3.04. The zero-order chi connectivity index (χ0) is 14.6. The zero-order valence-electron chi connectivity index (χ0n) is 11.7. The van der Waals surface area contributed by atoms with E-state index in [2.05, 4.69) is 5.32 Å². The van der Waals surface area contributed by atoms with Gasteiger partial charge in [0.05, 0.1) is 6.54 Å². The Labute approximate surface area is 112 Å². The van der Waals surface area contributed by atoms with Crippen molar-refractivity contribution in [3.8, 4) is 0 Å². The number of nitrogens with zero attached hydrogens (tertiary/aromatic N) is 1. The zero-order valence-corrected chi connectivity index (χ0v) is 11.7. The highest BCUT2D eigenvalue weighted by Crippen LogP contribution is 2.27. The summed E-state index contributed by atoms with van der Waals surface area (Å²) < 4.78 is 25.3. The summed E-state index contributed by atoms with van der Waals surface area (Å²) >= 11 is 0. The fraction of sp³-hybridized carbons (Fsp3) is 0.846. The lowest BCUT2D eigenvalue weighted by Gasteiger charge is -2.45. The van der Waals surface area contributed by atoms with Gasteiger partial charge in [0, 0.05) is 0 Å². The summed E-state index contributed by atoms with van der Waals surface area (Å²) in [4.78, 5) is 25.6. The molecular weight excluding hydrogens is 254 g/mol. The maximum atomic E-state index is 12.7. The number of hydrogen-bond donors (Lipinski definition) is 1. The van der Waals surface area contributed by atoms with Crippen molar-refractivity contribution in [3.63, 3.8) is 0 Å². The highest BCUT2D eigenvalue weighted by atomic mass is 19.3. The van der Waals surface area contributed by atoms with Gasteiger partial charge in [-0.1, -0.05) is 27.2 Å². The Morgan fingerprint density at radius 3 is 2.26 bits per heavy atom. The number of amides is 2. The van der Waals surface area contributed by atoms with Gasteiger partial charge in [0.25, 0.3) is 6.43 Å². The Hall–Kier alpha value is -1.20. The van der Waals surface area contributed by atoms with E-state index in [1.165, 1.54) is 0 Å². The van der Waals surface area contributed by atoms with Gasteiger partial charge in [0.15, 0.2) is 0 Å². The van der Waals surface area contributed by atoms with E-state index in [0.717, 1.165) is 4.90 Å². The summed E-state index contributed by atoms with van der Waals surface area (Å²) in [6.45, 7) is 4.75. The number of alkyl halides is 2. The van der Waals surface area contributed by atoms with Crippen molar-refractivity contribution in [1.82, 2.24) is 10.2 Å². The van der Waals surface area contributed by atoms with Crippen molar-refractivity contribution < 1.29 is 18.4 Å². The molecule has 1 atom stereocenters. The summed E-state index contributed by atoms with van der Waals surface area (Å²) in [7, 11) is 0. The van der Waals surface area contributed by atoms with Gasteiger partial charge >= 0.3 is 0 Å². The lowest BCUT2D eigenvalue weighted by molar-refractivity contribution is -0.158. The monoisotopic (exact) mass is 276 g/mol. The molecule has 1 N–H and O–H groups in total. The average Bonchev–Trinajstić information content (AvgIpc) is 2.37. The van der Waals surface area contributed by atoms with E-state index in [9.17, 15) is 18.4 Å². The van der Waals surface area contributed by atoms with Crippen LogP contribution in [0.4, 0.5) is 8.78 Å². The van der Waals surface area contributed by atoms with Crippen LogP contribution >= 0.6 is 0 Å². The molecule has 0 aliphatic carbocycles. The van der Waals surface area contributed by atoms with Gasteiger partial charge in [-0.05, 0) is 19.3 Å². The fourth-order valence-electron chi connectivity index (χ4n) is 2.58. The minimum atomic E-state index is -2.62. The van der Waals surface area contributed by atoms with Crippen LogP contribution in [0.15, 0.2) is 0 Å². The molecule has 0 bridgehead atoms. The minimum absolute atomic E-state index is 0.314. The molecule has 6 heteroatoms. The average molecular weight is 276 g/mol. The second-order valence-electron chi connectivity index (χ2n) is 4.93. The van der Waals surface area contributed by atoms with Crippen LogP contribution in [-0.4, -0.2) is 41.3 Å². The number of hydrogen-bond acceptors (Lipinski definition) is 2. The van der Waals surface area contributed by atoms with Crippen LogP contribution in [0.5, 0.6) is 0 Å². The van der Waals surface area contributed by atoms with E-state index in [1.54, 1.807) is 13.8 Å². The molecular formula is C13H22F2N2O2. The van der Waals surface area contributed by atoms with E-state index >= 15 is 0 Å². The molecule has 110 valence electrons. The van der Waals surface area contributed by atoms with Crippen LogP contribution in [-0.2, 0) is 9.59 Å². The highest BCUT2D eigenvalue weighted by molar-refractivity contribution is 5.99. The Kier molecular flexibility index (Phi) is 5.26. The molecule has 0 radical (unpaired) electrons. The molecule has 1 unspecified atom stereocenters. The van der Waals surface area contributed by atoms with Gasteiger partial charge in [-0.2, -0.15) is 0 Å². The Bertz CT molecular complexity index is 344. The molecule has 1 aliphatic rings. The van der Waals surface area contributed by atoms with Gasteiger partial charge in [0.2, 0.25) is 11.8 Å². The van der Waals surface area contributed by atoms with Crippen LogP contribution in [0.2, 0.25) is 0 Å². The van der Waals surface area contributed by atoms with Gasteiger partial charge in [-0.3, -0.25) is 9.59 Å². The number of halogens is 2. The van der Waals surface area contributed by atoms with Crippen LogP contribution in [0.25, 0.3) is 0 Å². The van der Waals surface area contributed by atoms with E-state index in [4.69, 9.17) is 0 Å². The van der Waals surface area contributed by atoms with Crippen LogP contribution in [0.1, 0.15) is 46.5 Å². The normalized spacial score (nSPS) is 22.8. The summed E-state index contributed by atoms with van der Waals surface area (Å²) in [6.07, 6.45) is -0.732. The maximum absolute atomic E-state index is 12.7. The largest absolute Gasteiger partial charge is 0.340 e. The van der Waals surface area contributed by atoms with Gasteiger partial charge in [-0.15, -0.1) is 0 Å². The molecule has 1 fully saturated rings. The Morgan fingerprint density at radius 2 is 1.84 bits per heavy atom. The first-order valence-corrected chi connectivity index (χ1v) is 6.83. The smallest absolute Gasteiger partial charge is 0.255 e. The van der Waals surface area contributed by atoms with Gasteiger partial charge in [-0.25, -0.2) is 8.78 Å². The summed E-state index contributed by atoms with van der Waals surface area (Å²) in [5.41, 5.74) is -1.02. The topological polar surface area (TPSA) is 49.4 Å². The fourth-order valence-corrected chi connectivity index (χ4v) is 2.58. The van der Waals surface area contributed by atoms with Crippen molar-refractivity contribution in [2.45, 2.75) is 64.5 Å². The molecule has 2 amide bonds. The number of piperazine rings is 1. The van der Waals surface area contributed by atoms with Crippen molar-refractivity contribution in [2.75, 3.05) is 6.54 Å². The lowest BCUT2D eigenvalue weighted by atomic mass is 9.86. The quantitative estimate of drug-likeness (QED) is 0.806. The first-order chi connectivity index (χ1) is 8.91. The first-order valence-electron chi connectivity index (χ1n) is 6.83. The first kappa shape index (κ1) is 15.9. The highest BCUT2D eigenvalue weighted by Gasteiger charge is 2.48. The van der Waals surface area contributed by atoms with E-state index in [1.807, 2.05) is 6.92 Å². The van der Waals surface area contributed by atoms with E-state index in [0.29, 0.717) is 25.7 Å². The van der Waals surface area contributed by atoms with E-state index in [-0.39, 0.29) is 11.8 Å².